The summed E-state index contributed by atoms with van der Waals surface area (Å²) in [7, 11) is 1.68. The third kappa shape index (κ3) is 5.43. The Kier molecular flexibility index (Phi) is 7.04. The van der Waals surface area contributed by atoms with E-state index in [1.54, 1.807) is 45.2 Å². The fourth-order valence-corrected chi connectivity index (χ4v) is 3.80. The number of rotatable bonds is 8. The molecule has 1 aliphatic rings. The molecule has 29 heavy (non-hydrogen) atoms. The predicted molar refractivity (Wildman–Crippen MR) is 116 cm³/mol. The number of halogens is 1. The van der Waals surface area contributed by atoms with Gasteiger partial charge >= 0.3 is 0 Å². The largest absolute Gasteiger partial charge is 0.496 e. The maximum Gasteiger partial charge on any atom is 0.263 e. The number of nitrogens with one attached hydrogen (secondary N) is 1. The monoisotopic (exact) mass is 416 g/mol. The second-order valence-corrected chi connectivity index (χ2v) is 8.21. The molecule has 1 aliphatic heterocycles. The molecular formula is C23H29ClN2O3. The van der Waals surface area contributed by atoms with Crippen molar-refractivity contribution in [3.63, 3.8) is 0 Å². The van der Waals surface area contributed by atoms with Crippen LogP contribution in [0.2, 0.25) is 5.02 Å². The molecule has 0 spiro atoms. The van der Waals surface area contributed by atoms with Gasteiger partial charge in [-0.05, 0) is 70.1 Å². The quantitative estimate of drug-likeness (QED) is 0.690. The molecule has 2 aromatic rings. The number of carbonyl (C=O) groups is 1. The number of hydrogen-bond donors (Lipinski definition) is 1. The van der Waals surface area contributed by atoms with Crippen LogP contribution in [0.15, 0.2) is 48.5 Å². The highest BCUT2D eigenvalue weighted by atomic mass is 35.5. The zero-order valence-electron chi connectivity index (χ0n) is 17.3. The molecule has 1 amide bonds. The van der Waals surface area contributed by atoms with Crippen LogP contribution in [-0.2, 0) is 4.79 Å². The molecule has 5 nitrogen and oxygen atoms in total. The lowest BCUT2D eigenvalue weighted by Gasteiger charge is -2.31. The van der Waals surface area contributed by atoms with Gasteiger partial charge in [-0.2, -0.15) is 0 Å². The SMILES string of the molecule is COc1ccccc1[C@H](CNC(=O)C(C)(C)Oc1ccc(Cl)cc1)N1CCCC1. The number of hydrogen-bond acceptors (Lipinski definition) is 4. The molecule has 3 rings (SSSR count). The van der Waals surface area contributed by atoms with Gasteiger partial charge in [0.15, 0.2) is 5.60 Å². The average Bonchev–Trinajstić information content (AvgIpc) is 3.24. The summed E-state index contributed by atoms with van der Waals surface area (Å²) in [5.41, 5.74) is 0.0816. The van der Waals surface area contributed by atoms with E-state index in [-0.39, 0.29) is 11.9 Å². The summed E-state index contributed by atoms with van der Waals surface area (Å²) < 4.78 is 11.5. The number of ether oxygens (including phenoxy) is 2. The molecule has 0 bridgehead atoms. The van der Waals surface area contributed by atoms with E-state index >= 15 is 0 Å². The van der Waals surface area contributed by atoms with Gasteiger partial charge in [0.25, 0.3) is 5.91 Å². The van der Waals surface area contributed by atoms with Crippen LogP contribution in [-0.4, -0.2) is 43.2 Å². The number of nitrogens with zero attached hydrogens (tertiary/aromatic N) is 1. The van der Waals surface area contributed by atoms with E-state index in [9.17, 15) is 4.79 Å². The van der Waals surface area contributed by atoms with Crippen LogP contribution in [0, 0.1) is 0 Å². The average molecular weight is 417 g/mol. The lowest BCUT2D eigenvalue weighted by molar-refractivity contribution is -0.134. The van der Waals surface area contributed by atoms with Gasteiger partial charge in [0.2, 0.25) is 0 Å². The first kappa shape index (κ1) is 21.5. The Hall–Kier alpha value is -2.24. The van der Waals surface area contributed by atoms with E-state index in [0.717, 1.165) is 24.4 Å². The van der Waals surface area contributed by atoms with Crippen molar-refractivity contribution < 1.29 is 14.3 Å². The second kappa shape index (κ2) is 9.51. The topological polar surface area (TPSA) is 50.8 Å². The van der Waals surface area contributed by atoms with Crippen LogP contribution in [0.5, 0.6) is 11.5 Å². The molecule has 6 heteroatoms. The maximum atomic E-state index is 12.9. The van der Waals surface area contributed by atoms with Crippen molar-refractivity contribution in [2.45, 2.75) is 38.3 Å². The summed E-state index contributed by atoms with van der Waals surface area (Å²) in [5, 5.41) is 3.72. The normalized spacial score (nSPS) is 15.7. The van der Waals surface area contributed by atoms with Gasteiger partial charge in [-0.3, -0.25) is 9.69 Å². The van der Waals surface area contributed by atoms with Crippen molar-refractivity contribution in [3.8, 4) is 11.5 Å². The molecule has 0 unspecified atom stereocenters. The van der Waals surface area contributed by atoms with Gasteiger partial charge in [-0.1, -0.05) is 29.8 Å². The van der Waals surface area contributed by atoms with Crippen LogP contribution < -0.4 is 14.8 Å². The lowest BCUT2D eigenvalue weighted by atomic mass is 10.0. The highest BCUT2D eigenvalue weighted by Gasteiger charge is 2.32. The Balaban J connectivity index is 1.71. The van der Waals surface area contributed by atoms with E-state index in [4.69, 9.17) is 21.1 Å². The number of likely N-dealkylation sites (tertiary alicyclic amines) is 1. The summed E-state index contributed by atoms with van der Waals surface area (Å²) in [6.07, 6.45) is 2.34. The Morgan fingerprint density at radius 2 is 1.79 bits per heavy atom. The van der Waals surface area contributed by atoms with E-state index in [2.05, 4.69) is 16.3 Å². The summed E-state index contributed by atoms with van der Waals surface area (Å²) >= 11 is 5.93. The Bertz CT molecular complexity index is 817. The fraction of sp³-hybridized carbons (Fsp3) is 0.435. The number of para-hydroxylation sites is 1. The van der Waals surface area contributed by atoms with Crippen molar-refractivity contribution in [2.75, 3.05) is 26.7 Å². The number of amides is 1. The number of benzene rings is 2. The molecule has 0 radical (unpaired) electrons. The van der Waals surface area contributed by atoms with Crippen molar-refractivity contribution in [2.24, 2.45) is 0 Å². The van der Waals surface area contributed by atoms with Crippen molar-refractivity contribution in [3.05, 3.63) is 59.1 Å². The minimum absolute atomic E-state index is 0.0592. The molecule has 1 fully saturated rings. The predicted octanol–water partition coefficient (Wildman–Crippen LogP) is 4.46. The van der Waals surface area contributed by atoms with Crippen LogP contribution in [0.3, 0.4) is 0 Å². The second-order valence-electron chi connectivity index (χ2n) is 7.78. The Morgan fingerprint density at radius 1 is 1.14 bits per heavy atom. The van der Waals surface area contributed by atoms with E-state index in [1.165, 1.54) is 12.8 Å². The molecule has 1 N–H and O–H groups in total. The highest BCUT2D eigenvalue weighted by Crippen LogP contribution is 2.31. The van der Waals surface area contributed by atoms with Gasteiger partial charge < -0.3 is 14.8 Å². The lowest BCUT2D eigenvalue weighted by Crippen LogP contribution is -2.49. The van der Waals surface area contributed by atoms with Gasteiger partial charge in [-0.25, -0.2) is 0 Å². The molecule has 0 aromatic heterocycles. The van der Waals surface area contributed by atoms with E-state index in [0.29, 0.717) is 17.3 Å². The molecule has 1 saturated heterocycles. The maximum absolute atomic E-state index is 12.9. The molecule has 1 heterocycles. The van der Waals surface area contributed by atoms with E-state index in [1.807, 2.05) is 18.2 Å². The molecule has 1 atom stereocenters. The van der Waals surface area contributed by atoms with Gasteiger partial charge in [-0.15, -0.1) is 0 Å². The Morgan fingerprint density at radius 3 is 2.45 bits per heavy atom. The first-order valence-electron chi connectivity index (χ1n) is 10.0. The third-order valence-electron chi connectivity index (χ3n) is 5.27. The first-order valence-corrected chi connectivity index (χ1v) is 10.4. The summed E-state index contributed by atoms with van der Waals surface area (Å²) in [6, 6.07) is 15.1. The van der Waals surface area contributed by atoms with Crippen LogP contribution >= 0.6 is 11.6 Å². The third-order valence-corrected chi connectivity index (χ3v) is 5.52. The highest BCUT2D eigenvalue weighted by molar-refractivity contribution is 6.30. The van der Waals surface area contributed by atoms with Crippen LogP contribution in [0.25, 0.3) is 0 Å². The standard InChI is InChI=1S/C23H29ClN2O3/c1-23(2,29-18-12-10-17(24)11-13-18)22(27)25-16-20(26-14-6-7-15-26)19-8-4-5-9-21(19)28-3/h4-5,8-13,20H,6-7,14-16H2,1-3H3,(H,25,27)/t20-/m0/s1. The van der Waals surface area contributed by atoms with Crippen molar-refractivity contribution in [1.29, 1.82) is 0 Å². The number of carbonyl (C=O) groups excluding carboxylic acids is 1. The molecule has 0 aliphatic carbocycles. The fourth-order valence-electron chi connectivity index (χ4n) is 3.68. The molecule has 156 valence electrons. The van der Waals surface area contributed by atoms with E-state index < -0.39 is 5.60 Å². The number of methoxy groups -OCH3 is 1. The minimum Gasteiger partial charge on any atom is -0.496 e. The van der Waals surface area contributed by atoms with Gasteiger partial charge in [0.05, 0.1) is 13.2 Å². The smallest absolute Gasteiger partial charge is 0.263 e. The summed E-state index contributed by atoms with van der Waals surface area (Å²) in [4.78, 5) is 15.3. The van der Waals surface area contributed by atoms with Gasteiger partial charge in [0.1, 0.15) is 11.5 Å². The zero-order chi connectivity index (χ0) is 20.9. The van der Waals surface area contributed by atoms with Crippen molar-refractivity contribution in [1.82, 2.24) is 10.2 Å². The van der Waals surface area contributed by atoms with Crippen LogP contribution in [0.4, 0.5) is 0 Å². The summed E-state index contributed by atoms with van der Waals surface area (Å²) in [5.74, 6) is 1.29. The molecule has 0 saturated carbocycles. The summed E-state index contributed by atoms with van der Waals surface area (Å²) in [6.45, 7) is 6.06. The Labute approximate surface area is 177 Å². The van der Waals surface area contributed by atoms with Crippen molar-refractivity contribution >= 4 is 17.5 Å². The molecular weight excluding hydrogens is 388 g/mol. The van der Waals surface area contributed by atoms with Crippen LogP contribution in [0.1, 0.15) is 38.3 Å². The minimum atomic E-state index is -1.01. The first-order chi connectivity index (χ1) is 13.9. The molecule has 2 aromatic carbocycles. The van der Waals surface area contributed by atoms with Gasteiger partial charge in [0, 0.05) is 17.1 Å². The zero-order valence-corrected chi connectivity index (χ0v) is 18.0.